The van der Waals surface area contributed by atoms with Crippen LogP contribution < -0.4 is 29.2 Å². The number of para-hydroxylation sites is 1. The standard InChI is InChI=1S/C24H24N2O5/c1-28-16-9-10-21(22(14-16)31-4)26-23(15-11-17(29-2)13-18(12-15)30-3)25-20-8-6-5-7-19(20)24(26)27/h5-14,23,25H,1-4H3/t23-/m1/s1. The number of amides is 1. The second-order valence-corrected chi connectivity index (χ2v) is 6.95. The Bertz CT molecular complexity index is 1090. The summed E-state index contributed by atoms with van der Waals surface area (Å²) in [4.78, 5) is 15.3. The Hall–Kier alpha value is -3.87. The van der Waals surface area contributed by atoms with Gasteiger partial charge in [0.1, 0.15) is 29.2 Å². The van der Waals surface area contributed by atoms with Gasteiger partial charge in [0, 0.05) is 23.4 Å². The maximum Gasteiger partial charge on any atom is 0.262 e. The predicted octanol–water partition coefficient (Wildman–Crippen LogP) is 4.49. The molecule has 1 aliphatic rings. The van der Waals surface area contributed by atoms with Crippen molar-refractivity contribution >= 4 is 17.3 Å². The van der Waals surface area contributed by atoms with E-state index < -0.39 is 6.17 Å². The van der Waals surface area contributed by atoms with E-state index in [1.54, 1.807) is 57.6 Å². The van der Waals surface area contributed by atoms with Crippen molar-refractivity contribution < 1.29 is 23.7 Å². The van der Waals surface area contributed by atoms with Crippen molar-refractivity contribution in [2.24, 2.45) is 0 Å². The summed E-state index contributed by atoms with van der Waals surface area (Å²) in [5.41, 5.74) is 2.74. The summed E-state index contributed by atoms with van der Waals surface area (Å²) >= 11 is 0. The molecular formula is C24H24N2O5. The van der Waals surface area contributed by atoms with Crippen molar-refractivity contribution in [3.05, 3.63) is 71.8 Å². The zero-order valence-electron chi connectivity index (χ0n) is 17.8. The minimum atomic E-state index is -0.520. The van der Waals surface area contributed by atoms with Gasteiger partial charge in [-0.05, 0) is 36.4 Å². The SMILES string of the molecule is COc1cc(OC)cc([C@@H]2Nc3ccccc3C(=O)N2c2ccc(OC)cc2OC)c1. The highest BCUT2D eigenvalue weighted by Crippen LogP contribution is 2.42. The summed E-state index contributed by atoms with van der Waals surface area (Å²) in [7, 11) is 6.34. The third kappa shape index (κ3) is 3.70. The fourth-order valence-electron chi connectivity index (χ4n) is 3.71. The maximum absolute atomic E-state index is 13.7. The minimum absolute atomic E-state index is 0.149. The molecule has 0 unspecified atom stereocenters. The van der Waals surface area contributed by atoms with E-state index in [1.165, 1.54) is 0 Å². The van der Waals surface area contributed by atoms with Crippen LogP contribution in [-0.4, -0.2) is 34.3 Å². The molecule has 3 aromatic carbocycles. The van der Waals surface area contributed by atoms with Gasteiger partial charge in [0.25, 0.3) is 5.91 Å². The van der Waals surface area contributed by atoms with Crippen LogP contribution in [0, 0.1) is 0 Å². The number of ether oxygens (including phenoxy) is 4. The fourth-order valence-corrected chi connectivity index (χ4v) is 3.71. The van der Waals surface area contributed by atoms with Gasteiger partial charge in [-0.15, -0.1) is 0 Å². The van der Waals surface area contributed by atoms with Gasteiger partial charge in [-0.2, -0.15) is 0 Å². The van der Waals surface area contributed by atoms with Gasteiger partial charge in [-0.3, -0.25) is 9.69 Å². The first-order valence-corrected chi connectivity index (χ1v) is 9.73. The lowest BCUT2D eigenvalue weighted by molar-refractivity contribution is 0.0974. The van der Waals surface area contributed by atoms with Gasteiger partial charge in [0.05, 0.1) is 39.7 Å². The van der Waals surface area contributed by atoms with Crippen molar-refractivity contribution in [1.82, 2.24) is 0 Å². The molecule has 160 valence electrons. The monoisotopic (exact) mass is 420 g/mol. The summed E-state index contributed by atoms with van der Waals surface area (Å²) < 4.78 is 21.8. The van der Waals surface area contributed by atoms with Crippen LogP contribution in [0.1, 0.15) is 22.1 Å². The average Bonchev–Trinajstić information content (AvgIpc) is 2.83. The average molecular weight is 420 g/mol. The van der Waals surface area contributed by atoms with E-state index in [0.29, 0.717) is 34.2 Å². The third-order valence-electron chi connectivity index (χ3n) is 5.26. The van der Waals surface area contributed by atoms with E-state index in [0.717, 1.165) is 11.3 Å². The number of carbonyl (C=O) groups is 1. The first-order valence-electron chi connectivity index (χ1n) is 9.73. The molecule has 7 heteroatoms. The predicted molar refractivity (Wildman–Crippen MR) is 119 cm³/mol. The first-order chi connectivity index (χ1) is 15.1. The number of hydrogen-bond acceptors (Lipinski definition) is 6. The van der Waals surface area contributed by atoms with Gasteiger partial charge in [0.2, 0.25) is 0 Å². The lowest BCUT2D eigenvalue weighted by Crippen LogP contribution is -2.43. The molecule has 1 amide bonds. The van der Waals surface area contributed by atoms with Crippen LogP contribution in [0.3, 0.4) is 0 Å². The van der Waals surface area contributed by atoms with Gasteiger partial charge in [-0.1, -0.05) is 12.1 Å². The van der Waals surface area contributed by atoms with Crippen molar-refractivity contribution in [3.63, 3.8) is 0 Å². The molecule has 0 fully saturated rings. The molecular weight excluding hydrogens is 396 g/mol. The Balaban J connectivity index is 1.91. The van der Waals surface area contributed by atoms with Gasteiger partial charge >= 0.3 is 0 Å². The summed E-state index contributed by atoms with van der Waals surface area (Å²) in [6, 6.07) is 18.4. The molecule has 1 atom stereocenters. The number of carbonyl (C=O) groups excluding carboxylic acids is 1. The number of hydrogen-bond donors (Lipinski definition) is 1. The Morgan fingerprint density at radius 2 is 1.45 bits per heavy atom. The van der Waals surface area contributed by atoms with Crippen LogP contribution in [0.5, 0.6) is 23.0 Å². The molecule has 1 aliphatic heterocycles. The highest BCUT2D eigenvalue weighted by molar-refractivity contribution is 6.12. The summed E-state index contributed by atoms with van der Waals surface area (Å²) in [6.45, 7) is 0. The zero-order valence-corrected chi connectivity index (χ0v) is 17.8. The van der Waals surface area contributed by atoms with Gasteiger partial charge in [-0.25, -0.2) is 0 Å². The topological polar surface area (TPSA) is 69.3 Å². The van der Waals surface area contributed by atoms with E-state index in [4.69, 9.17) is 18.9 Å². The van der Waals surface area contributed by atoms with Crippen LogP contribution in [-0.2, 0) is 0 Å². The molecule has 3 aromatic rings. The molecule has 4 rings (SSSR count). The van der Waals surface area contributed by atoms with Crippen LogP contribution in [0.4, 0.5) is 11.4 Å². The van der Waals surface area contributed by atoms with Crippen molar-refractivity contribution in [2.75, 3.05) is 38.7 Å². The lowest BCUT2D eigenvalue weighted by atomic mass is 10.0. The molecule has 0 saturated heterocycles. The molecule has 0 aromatic heterocycles. The van der Waals surface area contributed by atoms with Crippen LogP contribution >= 0.6 is 0 Å². The van der Waals surface area contributed by atoms with Crippen molar-refractivity contribution in [2.45, 2.75) is 6.17 Å². The van der Waals surface area contributed by atoms with E-state index in [-0.39, 0.29) is 5.91 Å². The highest BCUT2D eigenvalue weighted by Gasteiger charge is 2.36. The number of rotatable bonds is 6. The van der Waals surface area contributed by atoms with Gasteiger partial charge in [0.15, 0.2) is 0 Å². The number of methoxy groups -OCH3 is 4. The largest absolute Gasteiger partial charge is 0.497 e. The molecule has 0 saturated carbocycles. The zero-order chi connectivity index (χ0) is 22.0. The molecule has 1 N–H and O–H groups in total. The molecule has 0 bridgehead atoms. The van der Waals surface area contributed by atoms with Crippen molar-refractivity contribution in [3.8, 4) is 23.0 Å². The van der Waals surface area contributed by atoms with E-state index in [9.17, 15) is 4.79 Å². The number of anilines is 2. The Labute approximate surface area is 181 Å². The normalized spacial score (nSPS) is 15.0. The molecule has 1 heterocycles. The number of nitrogens with zero attached hydrogens (tertiary/aromatic N) is 1. The molecule has 0 spiro atoms. The fraction of sp³-hybridized carbons (Fsp3) is 0.208. The number of fused-ring (bicyclic) bond motifs is 1. The molecule has 31 heavy (non-hydrogen) atoms. The highest BCUT2D eigenvalue weighted by atomic mass is 16.5. The summed E-state index contributed by atoms with van der Waals surface area (Å²) in [6.07, 6.45) is -0.520. The number of nitrogens with one attached hydrogen (secondary N) is 1. The second-order valence-electron chi connectivity index (χ2n) is 6.95. The van der Waals surface area contributed by atoms with Crippen molar-refractivity contribution in [1.29, 1.82) is 0 Å². The van der Waals surface area contributed by atoms with Crippen LogP contribution in [0.25, 0.3) is 0 Å². The molecule has 0 aliphatic carbocycles. The molecule has 7 nitrogen and oxygen atoms in total. The second kappa shape index (κ2) is 8.47. The number of benzene rings is 3. The van der Waals surface area contributed by atoms with Crippen LogP contribution in [0.15, 0.2) is 60.7 Å². The Morgan fingerprint density at radius 1 is 0.774 bits per heavy atom. The smallest absolute Gasteiger partial charge is 0.262 e. The van der Waals surface area contributed by atoms with Gasteiger partial charge < -0.3 is 24.3 Å². The maximum atomic E-state index is 13.7. The van der Waals surface area contributed by atoms with E-state index >= 15 is 0 Å². The lowest BCUT2D eigenvalue weighted by Gasteiger charge is -2.38. The first kappa shape index (κ1) is 20.4. The molecule has 0 radical (unpaired) electrons. The summed E-state index contributed by atoms with van der Waals surface area (Å²) in [5, 5.41) is 3.48. The quantitative estimate of drug-likeness (QED) is 0.634. The van der Waals surface area contributed by atoms with E-state index in [2.05, 4.69) is 5.32 Å². The summed E-state index contributed by atoms with van der Waals surface area (Å²) in [5.74, 6) is 2.27. The third-order valence-corrected chi connectivity index (χ3v) is 5.26. The Morgan fingerprint density at radius 3 is 2.10 bits per heavy atom. The minimum Gasteiger partial charge on any atom is -0.497 e. The Kier molecular flexibility index (Phi) is 5.58. The van der Waals surface area contributed by atoms with Crippen LogP contribution in [0.2, 0.25) is 0 Å². The van der Waals surface area contributed by atoms with E-state index in [1.807, 2.05) is 36.4 Å².